The molecule has 0 aliphatic carbocycles. The highest BCUT2D eigenvalue weighted by atomic mass is 16.6. The van der Waals surface area contributed by atoms with Crippen LogP contribution in [0.4, 0.5) is 10.6 Å². The minimum absolute atomic E-state index is 0.377. The fourth-order valence-corrected chi connectivity index (χ4v) is 2.20. The zero-order chi connectivity index (χ0) is 16.9. The smallest absolute Gasteiger partial charge is 0.407 e. The zero-order valence-corrected chi connectivity index (χ0v) is 14.3. The van der Waals surface area contributed by atoms with E-state index in [-0.39, 0.29) is 6.09 Å². The van der Waals surface area contributed by atoms with Crippen molar-refractivity contribution in [1.82, 2.24) is 10.3 Å². The first-order valence-corrected chi connectivity index (χ1v) is 7.92. The Hall–Kier alpha value is -2.30. The molecule has 1 aromatic heterocycles. The van der Waals surface area contributed by atoms with Crippen LogP contribution >= 0.6 is 0 Å². The summed E-state index contributed by atoms with van der Waals surface area (Å²) in [6.45, 7) is 8.89. The van der Waals surface area contributed by atoms with E-state index in [9.17, 15) is 4.79 Å². The number of anilines is 1. The summed E-state index contributed by atoms with van der Waals surface area (Å²) in [5, 5.41) is 7.21. The van der Waals surface area contributed by atoms with Crippen molar-refractivity contribution in [3.05, 3.63) is 35.9 Å². The molecule has 5 nitrogen and oxygen atoms in total. The average molecular weight is 315 g/mol. The van der Waals surface area contributed by atoms with Gasteiger partial charge in [0.25, 0.3) is 0 Å². The second-order valence-corrected chi connectivity index (χ2v) is 6.56. The minimum atomic E-state index is -0.464. The van der Waals surface area contributed by atoms with Crippen molar-refractivity contribution >= 4 is 22.8 Å². The van der Waals surface area contributed by atoms with Crippen molar-refractivity contribution in [2.75, 3.05) is 18.4 Å². The molecule has 0 saturated heterocycles. The standard InChI is InChI=1S/C18H25N3O2/c1-13-12-14-8-5-6-9-15(14)21-16(13)19-10-7-11-20-17(22)23-18(2,3)4/h5-6,8-9,12H,7,10-11H2,1-4H3,(H,19,21)(H,20,22). The van der Waals surface area contributed by atoms with Crippen LogP contribution in [0.25, 0.3) is 10.9 Å². The van der Waals surface area contributed by atoms with Crippen LogP contribution in [-0.2, 0) is 4.74 Å². The van der Waals surface area contributed by atoms with Gasteiger partial charge in [0.15, 0.2) is 0 Å². The number of pyridine rings is 1. The number of ether oxygens (including phenoxy) is 1. The largest absolute Gasteiger partial charge is 0.444 e. The Bertz CT molecular complexity index is 678. The van der Waals surface area contributed by atoms with Gasteiger partial charge in [0.05, 0.1) is 5.52 Å². The summed E-state index contributed by atoms with van der Waals surface area (Å²) in [5.74, 6) is 0.890. The van der Waals surface area contributed by atoms with Crippen LogP contribution in [0.3, 0.4) is 0 Å². The molecule has 0 aliphatic heterocycles. The maximum Gasteiger partial charge on any atom is 0.407 e. The summed E-state index contributed by atoms with van der Waals surface area (Å²) < 4.78 is 5.19. The third kappa shape index (κ3) is 5.43. The van der Waals surface area contributed by atoms with Crippen molar-refractivity contribution in [2.45, 2.75) is 39.7 Å². The Labute approximate surface area is 137 Å². The Morgan fingerprint density at radius 2 is 1.96 bits per heavy atom. The highest BCUT2D eigenvalue weighted by Gasteiger charge is 2.15. The highest BCUT2D eigenvalue weighted by molar-refractivity contribution is 5.81. The van der Waals surface area contributed by atoms with E-state index in [1.165, 1.54) is 0 Å². The van der Waals surface area contributed by atoms with Crippen LogP contribution in [-0.4, -0.2) is 29.8 Å². The third-order valence-corrected chi connectivity index (χ3v) is 3.23. The number of nitrogens with zero attached hydrogens (tertiary/aromatic N) is 1. The number of aryl methyl sites for hydroxylation is 1. The van der Waals surface area contributed by atoms with Crippen molar-refractivity contribution in [3.63, 3.8) is 0 Å². The number of aromatic nitrogens is 1. The number of nitrogens with one attached hydrogen (secondary N) is 2. The SMILES string of the molecule is Cc1cc2ccccc2nc1NCCCNC(=O)OC(C)(C)C. The molecular formula is C18H25N3O2. The molecule has 5 heteroatoms. The van der Waals surface area contributed by atoms with E-state index < -0.39 is 5.60 Å². The molecule has 0 unspecified atom stereocenters. The van der Waals surface area contributed by atoms with E-state index in [1.807, 2.05) is 45.9 Å². The quantitative estimate of drug-likeness (QED) is 0.822. The van der Waals surface area contributed by atoms with E-state index in [2.05, 4.69) is 27.8 Å². The number of hydrogen-bond donors (Lipinski definition) is 2. The number of carbonyl (C=O) groups excluding carboxylic acids is 1. The summed E-state index contributed by atoms with van der Waals surface area (Å²) in [7, 11) is 0. The molecule has 0 bridgehead atoms. The second-order valence-electron chi connectivity index (χ2n) is 6.56. The number of benzene rings is 1. The van der Waals surface area contributed by atoms with Gasteiger partial charge >= 0.3 is 6.09 Å². The number of alkyl carbamates (subject to hydrolysis) is 1. The van der Waals surface area contributed by atoms with E-state index >= 15 is 0 Å². The lowest BCUT2D eigenvalue weighted by molar-refractivity contribution is 0.0528. The molecule has 0 spiro atoms. The molecule has 1 amide bonds. The lowest BCUT2D eigenvalue weighted by Gasteiger charge is -2.19. The minimum Gasteiger partial charge on any atom is -0.444 e. The molecular weight excluding hydrogens is 290 g/mol. The molecule has 124 valence electrons. The van der Waals surface area contributed by atoms with Crippen molar-refractivity contribution < 1.29 is 9.53 Å². The zero-order valence-electron chi connectivity index (χ0n) is 14.3. The van der Waals surface area contributed by atoms with E-state index in [0.29, 0.717) is 6.54 Å². The molecule has 0 atom stereocenters. The van der Waals surface area contributed by atoms with Gasteiger partial charge in [-0.2, -0.15) is 0 Å². The molecule has 2 N–H and O–H groups in total. The monoisotopic (exact) mass is 315 g/mol. The molecule has 23 heavy (non-hydrogen) atoms. The van der Waals surface area contributed by atoms with Gasteiger partial charge in [-0.15, -0.1) is 0 Å². The van der Waals surface area contributed by atoms with Gasteiger partial charge in [-0.3, -0.25) is 0 Å². The van der Waals surface area contributed by atoms with Crippen LogP contribution < -0.4 is 10.6 Å². The number of amides is 1. The maximum absolute atomic E-state index is 11.5. The molecule has 2 rings (SSSR count). The summed E-state index contributed by atoms with van der Waals surface area (Å²) in [4.78, 5) is 16.2. The van der Waals surface area contributed by atoms with E-state index in [4.69, 9.17) is 4.74 Å². The number of fused-ring (bicyclic) bond motifs is 1. The van der Waals surface area contributed by atoms with E-state index in [0.717, 1.165) is 35.2 Å². The average Bonchev–Trinajstić information content (AvgIpc) is 2.45. The first kappa shape index (κ1) is 17.1. The Balaban J connectivity index is 1.78. The van der Waals surface area contributed by atoms with Gasteiger partial charge in [-0.05, 0) is 51.8 Å². The number of rotatable bonds is 5. The Morgan fingerprint density at radius 1 is 1.22 bits per heavy atom. The Morgan fingerprint density at radius 3 is 2.70 bits per heavy atom. The molecule has 1 aromatic carbocycles. The lowest BCUT2D eigenvalue weighted by Crippen LogP contribution is -2.33. The number of para-hydroxylation sites is 1. The van der Waals surface area contributed by atoms with Crippen molar-refractivity contribution in [3.8, 4) is 0 Å². The molecule has 0 radical (unpaired) electrons. The van der Waals surface area contributed by atoms with Gasteiger partial charge in [-0.25, -0.2) is 9.78 Å². The second kappa shape index (κ2) is 7.31. The van der Waals surface area contributed by atoms with Crippen molar-refractivity contribution in [2.24, 2.45) is 0 Å². The van der Waals surface area contributed by atoms with Crippen LogP contribution in [0, 0.1) is 6.92 Å². The van der Waals surface area contributed by atoms with Crippen LogP contribution in [0.1, 0.15) is 32.8 Å². The van der Waals surface area contributed by atoms with Gasteiger partial charge in [0, 0.05) is 18.5 Å². The fourth-order valence-electron chi connectivity index (χ4n) is 2.20. The summed E-state index contributed by atoms with van der Waals surface area (Å²) in [5.41, 5.74) is 1.63. The number of carbonyl (C=O) groups is 1. The van der Waals surface area contributed by atoms with Gasteiger partial charge < -0.3 is 15.4 Å². The highest BCUT2D eigenvalue weighted by Crippen LogP contribution is 2.19. The maximum atomic E-state index is 11.5. The molecule has 2 aromatic rings. The number of hydrogen-bond acceptors (Lipinski definition) is 4. The molecule has 1 heterocycles. The predicted molar refractivity (Wildman–Crippen MR) is 93.8 cm³/mol. The summed E-state index contributed by atoms with van der Waals surface area (Å²) in [6.07, 6.45) is 0.421. The topological polar surface area (TPSA) is 63.2 Å². The molecule has 0 fully saturated rings. The van der Waals surface area contributed by atoms with Gasteiger partial charge in [0.2, 0.25) is 0 Å². The first-order chi connectivity index (χ1) is 10.8. The first-order valence-electron chi connectivity index (χ1n) is 7.92. The third-order valence-electron chi connectivity index (χ3n) is 3.23. The van der Waals surface area contributed by atoms with Crippen LogP contribution in [0.2, 0.25) is 0 Å². The summed E-state index contributed by atoms with van der Waals surface area (Å²) in [6, 6.07) is 10.2. The molecule has 0 aliphatic rings. The van der Waals surface area contributed by atoms with Crippen LogP contribution in [0.5, 0.6) is 0 Å². The van der Waals surface area contributed by atoms with E-state index in [1.54, 1.807) is 0 Å². The summed E-state index contributed by atoms with van der Waals surface area (Å²) >= 11 is 0. The van der Waals surface area contributed by atoms with Gasteiger partial charge in [-0.1, -0.05) is 18.2 Å². The Kier molecular flexibility index (Phi) is 5.42. The van der Waals surface area contributed by atoms with Crippen LogP contribution in [0.15, 0.2) is 30.3 Å². The predicted octanol–water partition coefficient (Wildman–Crippen LogP) is 3.87. The lowest BCUT2D eigenvalue weighted by atomic mass is 10.1. The fraction of sp³-hybridized carbons (Fsp3) is 0.444. The van der Waals surface area contributed by atoms with Gasteiger partial charge in [0.1, 0.15) is 11.4 Å². The molecule has 0 saturated carbocycles. The van der Waals surface area contributed by atoms with Crippen molar-refractivity contribution in [1.29, 1.82) is 0 Å². The normalized spacial score (nSPS) is 11.3.